The van der Waals surface area contributed by atoms with Gasteiger partial charge in [-0.15, -0.1) is 5.11 Å². The lowest BCUT2D eigenvalue weighted by atomic mass is 10.3. The van der Waals surface area contributed by atoms with Gasteiger partial charge in [-0.1, -0.05) is 29.5 Å². The summed E-state index contributed by atoms with van der Waals surface area (Å²) in [6.07, 6.45) is 0. The summed E-state index contributed by atoms with van der Waals surface area (Å²) < 4.78 is 63.0. The van der Waals surface area contributed by atoms with Crippen LogP contribution in [0.15, 0.2) is 68.7 Å². The molecule has 0 saturated carbocycles. The van der Waals surface area contributed by atoms with Crippen LogP contribution in [0.25, 0.3) is 0 Å². The second-order valence-corrected chi connectivity index (χ2v) is 7.01. The third-order valence-corrected chi connectivity index (χ3v) is 4.45. The van der Waals surface area contributed by atoms with E-state index in [1.807, 2.05) is 0 Å². The van der Waals surface area contributed by atoms with E-state index in [4.69, 9.17) is 9.11 Å². The summed E-state index contributed by atoms with van der Waals surface area (Å²) >= 11 is 0. The van der Waals surface area contributed by atoms with Crippen LogP contribution in [0.5, 0.6) is 0 Å². The second kappa shape index (κ2) is 6.42. The minimum absolute atomic E-state index is 0.0527. The predicted molar refractivity (Wildman–Crippen MR) is 80.7 cm³/mol. The van der Waals surface area contributed by atoms with E-state index in [1.54, 1.807) is 0 Å². The zero-order valence-electron chi connectivity index (χ0n) is 11.4. The third-order valence-electron chi connectivity index (χ3n) is 2.64. The average Bonchev–Trinajstić information content (AvgIpc) is 2.46. The Labute approximate surface area is 132 Å². The van der Waals surface area contributed by atoms with Crippen molar-refractivity contribution < 1.29 is 25.9 Å². The van der Waals surface area contributed by atoms with Crippen molar-refractivity contribution in [2.75, 3.05) is 5.43 Å². The average molecular weight is 357 g/mol. The summed E-state index contributed by atoms with van der Waals surface area (Å²) in [7, 11) is -8.94. The van der Waals surface area contributed by atoms with E-state index in [-0.39, 0.29) is 11.4 Å². The van der Waals surface area contributed by atoms with Gasteiger partial charge in [-0.05, 0) is 24.3 Å². The Morgan fingerprint density at radius 1 is 0.783 bits per heavy atom. The van der Waals surface area contributed by atoms with Gasteiger partial charge in [-0.25, -0.2) is 0 Å². The summed E-state index contributed by atoms with van der Waals surface area (Å²) in [6.45, 7) is 0. The third kappa shape index (κ3) is 4.32. The lowest BCUT2D eigenvalue weighted by Gasteiger charge is -2.05. The Morgan fingerprint density at radius 3 is 1.91 bits per heavy atom. The first-order valence-corrected chi connectivity index (χ1v) is 8.87. The highest BCUT2D eigenvalue weighted by atomic mass is 32.2. The smallest absolute Gasteiger partial charge is 0.282 e. The number of nitrogens with zero attached hydrogens (tertiary/aromatic N) is 2. The lowest BCUT2D eigenvalue weighted by Crippen LogP contribution is -2.02. The van der Waals surface area contributed by atoms with E-state index < -0.39 is 30.0 Å². The fourth-order valence-electron chi connectivity index (χ4n) is 1.67. The van der Waals surface area contributed by atoms with Gasteiger partial charge in [0.15, 0.2) is 0 Å². The van der Waals surface area contributed by atoms with E-state index >= 15 is 0 Å². The Balaban J connectivity index is 2.32. The molecule has 0 amide bonds. The van der Waals surface area contributed by atoms with Gasteiger partial charge in [0.1, 0.15) is 15.5 Å². The highest BCUT2D eigenvalue weighted by Crippen LogP contribution is 2.25. The molecular weight excluding hydrogens is 346 g/mol. The number of anilines is 1. The van der Waals surface area contributed by atoms with Crippen molar-refractivity contribution in [3.8, 4) is 0 Å². The Bertz CT molecular complexity index is 954. The van der Waals surface area contributed by atoms with E-state index in [9.17, 15) is 16.8 Å². The van der Waals surface area contributed by atoms with Crippen molar-refractivity contribution in [2.24, 2.45) is 10.3 Å². The molecule has 0 fully saturated rings. The van der Waals surface area contributed by atoms with E-state index in [0.29, 0.717) is 0 Å². The molecule has 9 nitrogen and oxygen atoms in total. The van der Waals surface area contributed by atoms with Gasteiger partial charge in [-0.2, -0.15) is 16.8 Å². The Morgan fingerprint density at radius 2 is 1.30 bits per heavy atom. The molecule has 2 aromatic rings. The van der Waals surface area contributed by atoms with Crippen LogP contribution in [-0.2, 0) is 20.2 Å². The maximum absolute atomic E-state index is 11.2. The van der Waals surface area contributed by atoms with Crippen LogP contribution < -0.4 is 5.43 Å². The van der Waals surface area contributed by atoms with Crippen LogP contribution >= 0.6 is 0 Å². The van der Waals surface area contributed by atoms with Crippen LogP contribution in [0.1, 0.15) is 0 Å². The SMILES string of the molecule is O=S(=O)(O)c1ccccc1N=NNc1ccccc1S(=O)(=O)O. The van der Waals surface area contributed by atoms with Crippen molar-refractivity contribution in [2.45, 2.75) is 9.79 Å². The molecule has 122 valence electrons. The first-order valence-electron chi connectivity index (χ1n) is 5.99. The maximum atomic E-state index is 11.2. The molecule has 0 aliphatic rings. The van der Waals surface area contributed by atoms with Crippen LogP contribution in [0.4, 0.5) is 11.4 Å². The number of benzene rings is 2. The standard InChI is InChI=1S/C12H11N3O6S2/c16-22(17,18)11-7-3-1-5-9(11)13-15-14-10-6-2-4-8-12(10)23(19,20)21/h1-8H,(H,13,14)(H,16,17,18)(H,19,20,21). The predicted octanol–water partition coefficient (Wildman–Crippen LogP) is 2.29. The summed E-state index contributed by atoms with van der Waals surface area (Å²) in [5, 5.41) is 7.07. The fourth-order valence-corrected chi connectivity index (χ4v) is 2.94. The molecule has 2 rings (SSSR count). The van der Waals surface area contributed by atoms with Gasteiger partial charge in [0, 0.05) is 0 Å². The normalized spacial score (nSPS) is 12.4. The van der Waals surface area contributed by atoms with E-state index in [1.165, 1.54) is 36.4 Å². The van der Waals surface area contributed by atoms with E-state index in [0.717, 1.165) is 12.1 Å². The maximum Gasteiger partial charge on any atom is 0.296 e. The number of hydrogen-bond donors (Lipinski definition) is 3. The first kappa shape index (κ1) is 17.0. The summed E-state index contributed by atoms with van der Waals surface area (Å²) in [6, 6.07) is 10.7. The van der Waals surface area contributed by atoms with Crippen molar-refractivity contribution >= 4 is 31.6 Å². The van der Waals surface area contributed by atoms with Crippen molar-refractivity contribution in [3.05, 3.63) is 48.5 Å². The van der Waals surface area contributed by atoms with Gasteiger partial charge in [0.25, 0.3) is 20.2 Å². The molecule has 0 bridgehead atoms. The van der Waals surface area contributed by atoms with Crippen molar-refractivity contribution in [1.29, 1.82) is 0 Å². The minimum atomic E-state index is -4.48. The zero-order chi connectivity index (χ0) is 17.1. The lowest BCUT2D eigenvalue weighted by molar-refractivity contribution is 0.481. The fraction of sp³-hybridized carbons (Fsp3) is 0. The molecular formula is C12H11N3O6S2. The molecule has 3 N–H and O–H groups in total. The van der Waals surface area contributed by atoms with E-state index in [2.05, 4.69) is 15.8 Å². The first-order chi connectivity index (χ1) is 10.7. The molecule has 23 heavy (non-hydrogen) atoms. The molecule has 0 aromatic heterocycles. The Hall–Kier alpha value is -2.34. The molecule has 0 aliphatic heterocycles. The molecule has 0 radical (unpaired) electrons. The molecule has 11 heteroatoms. The second-order valence-electron chi connectivity index (χ2n) is 4.23. The summed E-state index contributed by atoms with van der Waals surface area (Å²) in [5.41, 5.74) is 2.09. The van der Waals surface area contributed by atoms with Crippen molar-refractivity contribution in [1.82, 2.24) is 0 Å². The quantitative estimate of drug-likeness (QED) is 0.423. The van der Waals surface area contributed by atoms with Gasteiger partial charge >= 0.3 is 0 Å². The van der Waals surface area contributed by atoms with Crippen LogP contribution in [-0.4, -0.2) is 25.9 Å². The molecule has 2 aromatic carbocycles. The molecule has 0 spiro atoms. The molecule has 0 aliphatic carbocycles. The molecule has 0 heterocycles. The van der Waals surface area contributed by atoms with Crippen molar-refractivity contribution in [3.63, 3.8) is 0 Å². The number of rotatable bonds is 5. The number of para-hydroxylation sites is 1. The summed E-state index contributed by atoms with van der Waals surface area (Å²) in [4.78, 5) is -0.865. The van der Waals surface area contributed by atoms with Crippen LogP contribution in [0.3, 0.4) is 0 Å². The molecule has 0 atom stereocenters. The molecule has 0 unspecified atom stereocenters. The largest absolute Gasteiger partial charge is 0.296 e. The highest BCUT2D eigenvalue weighted by molar-refractivity contribution is 7.86. The molecule has 0 saturated heterocycles. The number of hydrogen-bond acceptors (Lipinski definition) is 6. The van der Waals surface area contributed by atoms with Crippen LogP contribution in [0, 0.1) is 0 Å². The monoisotopic (exact) mass is 357 g/mol. The van der Waals surface area contributed by atoms with Gasteiger partial charge in [-0.3, -0.25) is 14.5 Å². The summed E-state index contributed by atoms with van der Waals surface area (Å²) in [5.74, 6) is 0. The number of nitrogens with one attached hydrogen (secondary N) is 1. The Kier molecular flexibility index (Phi) is 4.75. The van der Waals surface area contributed by atoms with Crippen LogP contribution in [0.2, 0.25) is 0 Å². The highest BCUT2D eigenvalue weighted by Gasteiger charge is 2.16. The van der Waals surface area contributed by atoms with Gasteiger partial charge in [0.05, 0.1) is 5.69 Å². The minimum Gasteiger partial charge on any atom is -0.282 e. The van der Waals surface area contributed by atoms with Gasteiger partial charge in [0.2, 0.25) is 0 Å². The zero-order valence-corrected chi connectivity index (χ0v) is 13.0. The topological polar surface area (TPSA) is 145 Å². The van der Waals surface area contributed by atoms with Gasteiger partial charge < -0.3 is 0 Å².